The van der Waals surface area contributed by atoms with Crippen LogP contribution in [-0.4, -0.2) is 32.6 Å². The fourth-order valence-corrected chi connectivity index (χ4v) is 2.41. The Morgan fingerprint density at radius 2 is 2.04 bits per heavy atom. The summed E-state index contributed by atoms with van der Waals surface area (Å²) in [6.45, 7) is 2.70. The highest BCUT2D eigenvalue weighted by Crippen LogP contribution is 2.26. The second kappa shape index (κ2) is 8.06. The van der Waals surface area contributed by atoms with Gasteiger partial charge in [-0.1, -0.05) is 6.07 Å². The first kappa shape index (κ1) is 17.3. The number of ether oxygens (including phenoxy) is 1. The minimum Gasteiger partial charge on any atom is -0.493 e. The van der Waals surface area contributed by atoms with E-state index in [2.05, 4.69) is 20.3 Å². The third kappa shape index (κ3) is 4.13. The van der Waals surface area contributed by atoms with Crippen LogP contribution in [-0.2, 0) is 6.54 Å². The lowest BCUT2D eigenvalue weighted by atomic mass is 10.1. The van der Waals surface area contributed by atoms with Crippen LogP contribution >= 0.6 is 0 Å². The number of carbonyl (C=O) groups is 1. The van der Waals surface area contributed by atoms with Gasteiger partial charge in [-0.15, -0.1) is 0 Å². The van der Waals surface area contributed by atoms with Gasteiger partial charge in [-0.05, 0) is 43.3 Å². The summed E-state index contributed by atoms with van der Waals surface area (Å²) >= 11 is 0. The van der Waals surface area contributed by atoms with E-state index in [1.807, 2.05) is 25.1 Å². The Kier molecular flexibility index (Phi) is 5.38. The smallest absolute Gasteiger partial charge is 0.339 e. The Morgan fingerprint density at radius 1 is 1.15 bits per heavy atom. The van der Waals surface area contributed by atoms with Crippen molar-refractivity contribution in [3.05, 3.63) is 66.1 Å². The summed E-state index contributed by atoms with van der Waals surface area (Å²) in [7, 11) is 0. The zero-order valence-corrected chi connectivity index (χ0v) is 14.2. The molecule has 0 radical (unpaired) electrons. The quantitative estimate of drug-likeness (QED) is 0.675. The highest BCUT2D eigenvalue weighted by Gasteiger charge is 2.13. The van der Waals surface area contributed by atoms with E-state index in [1.54, 1.807) is 36.7 Å². The molecule has 3 rings (SSSR count). The van der Waals surface area contributed by atoms with Gasteiger partial charge in [0.2, 0.25) is 5.95 Å². The van der Waals surface area contributed by atoms with Crippen molar-refractivity contribution < 1.29 is 14.6 Å². The van der Waals surface area contributed by atoms with E-state index in [9.17, 15) is 9.90 Å². The Morgan fingerprint density at radius 3 is 2.77 bits per heavy atom. The maximum absolute atomic E-state index is 11.5. The molecular formula is C19H18N4O3. The van der Waals surface area contributed by atoms with Gasteiger partial charge >= 0.3 is 5.97 Å². The Hall–Kier alpha value is -3.48. The predicted molar refractivity (Wildman–Crippen MR) is 97.2 cm³/mol. The molecule has 3 aromatic rings. The van der Waals surface area contributed by atoms with Crippen LogP contribution in [0.15, 0.2) is 54.9 Å². The van der Waals surface area contributed by atoms with Gasteiger partial charge in [0.15, 0.2) is 0 Å². The number of pyridine rings is 1. The van der Waals surface area contributed by atoms with Gasteiger partial charge in [0, 0.05) is 18.0 Å². The Bertz CT molecular complexity index is 900. The van der Waals surface area contributed by atoms with Crippen LogP contribution in [0.1, 0.15) is 23.0 Å². The zero-order chi connectivity index (χ0) is 18.4. The van der Waals surface area contributed by atoms with E-state index in [0.717, 1.165) is 5.69 Å². The van der Waals surface area contributed by atoms with Crippen molar-refractivity contribution in [1.82, 2.24) is 15.0 Å². The molecule has 2 heterocycles. The standard InChI is InChI=1S/C19H18N4O3/c1-2-26-17-7-6-13(11-15(17)18(24)25)16-8-10-21-19(23-16)22-12-14-5-3-4-9-20-14/h3-11H,2,12H2,1H3,(H,24,25)(H,21,22,23). The molecule has 2 N–H and O–H groups in total. The van der Waals surface area contributed by atoms with E-state index < -0.39 is 5.97 Å². The molecule has 7 heteroatoms. The fourth-order valence-electron chi connectivity index (χ4n) is 2.41. The lowest BCUT2D eigenvalue weighted by molar-refractivity contribution is 0.0692. The number of aromatic nitrogens is 3. The predicted octanol–water partition coefficient (Wildman–Crippen LogP) is 3.25. The summed E-state index contributed by atoms with van der Waals surface area (Å²) in [4.78, 5) is 24.4. The number of carboxylic acid groups (broad SMARTS) is 1. The number of hydrogen-bond acceptors (Lipinski definition) is 6. The van der Waals surface area contributed by atoms with E-state index in [4.69, 9.17) is 4.74 Å². The number of benzene rings is 1. The van der Waals surface area contributed by atoms with Crippen LogP contribution in [0.25, 0.3) is 11.3 Å². The average molecular weight is 350 g/mol. The van der Waals surface area contributed by atoms with Gasteiger partial charge in [-0.25, -0.2) is 14.8 Å². The molecule has 0 amide bonds. The van der Waals surface area contributed by atoms with Crippen LogP contribution in [0.4, 0.5) is 5.95 Å². The molecule has 0 aliphatic rings. The van der Waals surface area contributed by atoms with Gasteiger partial charge in [0.1, 0.15) is 11.3 Å². The number of nitrogens with zero attached hydrogens (tertiary/aromatic N) is 3. The van der Waals surface area contributed by atoms with Crippen molar-refractivity contribution in [2.75, 3.05) is 11.9 Å². The molecule has 0 spiro atoms. The fraction of sp³-hybridized carbons (Fsp3) is 0.158. The number of carboxylic acids is 1. The van der Waals surface area contributed by atoms with Gasteiger partial charge in [0.25, 0.3) is 0 Å². The monoisotopic (exact) mass is 350 g/mol. The molecule has 2 aromatic heterocycles. The lowest BCUT2D eigenvalue weighted by Gasteiger charge is -2.10. The molecule has 0 fully saturated rings. The zero-order valence-electron chi connectivity index (χ0n) is 14.2. The van der Waals surface area contributed by atoms with Gasteiger partial charge in [-0.3, -0.25) is 4.98 Å². The third-order valence-electron chi connectivity index (χ3n) is 3.61. The molecule has 0 atom stereocenters. The minimum atomic E-state index is -1.04. The molecule has 0 bridgehead atoms. The number of hydrogen-bond donors (Lipinski definition) is 2. The normalized spacial score (nSPS) is 10.3. The van der Waals surface area contributed by atoms with Crippen molar-refractivity contribution >= 4 is 11.9 Å². The summed E-state index contributed by atoms with van der Waals surface area (Å²) in [5, 5.41) is 12.5. The molecule has 0 aliphatic carbocycles. The van der Waals surface area contributed by atoms with E-state index in [-0.39, 0.29) is 5.56 Å². The maximum atomic E-state index is 11.5. The van der Waals surface area contributed by atoms with Crippen LogP contribution in [0.2, 0.25) is 0 Å². The highest BCUT2D eigenvalue weighted by atomic mass is 16.5. The van der Waals surface area contributed by atoms with Crippen LogP contribution < -0.4 is 10.1 Å². The lowest BCUT2D eigenvalue weighted by Crippen LogP contribution is -2.06. The number of aromatic carboxylic acids is 1. The van der Waals surface area contributed by atoms with E-state index >= 15 is 0 Å². The van der Waals surface area contributed by atoms with Crippen LogP contribution in [0.3, 0.4) is 0 Å². The Balaban J connectivity index is 1.83. The molecule has 7 nitrogen and oxygen atoms in total. The topological polar surface area (TPSA) is 97.2 Å². The largest absolute Gasteiger partial charge is 0.493 e. The first-order chi connectivity index (χ1) is 12.7. The minimum absolute atomic E-state index is 0.103. The number of rotatable bonds is 7. The summed E-state index contributed by atoms with van der Waals surface area (Å²) in [5.74, 6) is -0.261. The van der Waals surface area contributed by atoms with Crippen molar-refractivity contribution in [2.24, 2.45) is 0 Å². The average Bonchev–Trinajstić information content (AvgIpc) is 2.68. The Labute approximate surface area is 150 Å². The molecule has 132 valence electrons. The summed E-state index contributed by atoms with van der Waals surface area (Å²) in [6.07, 6.45) is 3.35. The number of nitrogens with one attached hydrogen (secondary N) is 1. The number of anilines is 1. The molecule has 26 heavy (non-hydrogen) atoms. The highest BCUT2D eigenvalue weighted by molar-refractivity contribution is 5.92. The molecule has 1 aromatic carbocycles. The first-order valence-electron chi connectivity index (χ1n) is 8.14. The second-order valence-corrected chi connectivity index (χ2v) is 5.39. The molecular weight excluding hydrogens is 332 g/mol. The van der Waals surface area contributed by atoms with Gasteiger partial charge in [-0.2, -0.15) is 0 Å². The molecule has 0 saturated carbocycles. The second-order valence-electron chi connectivity index (χ2n) is 5.39. The van der Waals surface area contributed by atoms with E-state index in [0.29, 0.717) is 36.1 Å². The van der Waals surface area contributed by atoms with Crippen molar-refractivity contribution in [2.45, 2.75) is 13.5 Å². The molecule has 0 unspecified atom stereocenters. The van der Waals surface area contributed by atoms with Crippen LogP contribution in [0, 0.1) is 0 Å². The summed E-state index contributed by atoms with van der Waals surface area (Å²) in [5.41, 5.74) is 2.27. The third-order valence-corrected chi connectivity index (χ3v) is 3.61. The molecule has 0 saturated heterocycles. The van der Waals surface area contributed by atoms with Crippen molar-refractivity contribution in [1.29, 1.82) is 0 Å². The van der Waals surface area contributed by atoms with Crippen molar-refractivity contribution in [3.8, 4) is 17.0 Å². The molecule has 0 aliphatic heterocycles. The van der Waals surface area contributed by atoms with Crippen molar-refractivity contribution in [3.63, 3.8) is 0 Å². The first-order valence-corrected chi connectivity index (χ1v) is 8.14. The maximum Gasteiger partial charge on any atom is 0.339 e. The van der Waals surface area contributed by atoms with Gasteiger partial charge in [0.05, 0.1) is 24.5 Å². The van der Waals surface area contributed by atoms with Gasteiger partial charge < -0.3 is 15.2 Å². The SMILES string of the molecule is CCOc1ccc(-c2ccnc(NCc3ccccn3)n2)cc1C(=O)O. The summed E-state index contributed by atoms with van der Waals surface area (Å²) in [6, 6.07) is 12.4. The van der Waals surface area contributed by atoms with E-state index in [1.165, 1.54) is 0 Å². The van der Waals surface area contributed by atoms with Crippen LogP contribution in [0.5, 0.6) is 5.75 Å². The summed E-state index contributed by atoms with van der Waals surface area (Å²) < 4.78 is 5.37.